The molecule has 0 bridgehead atoms. The molecule has 132 valence electrons. The summed E-state index contributed by atoms with van der Waals surface area (Å²) in [7, 11) is 0. The summed E-state index contributed by atoms with van der Waals surface area (Å²) in [6.07, 6.45) is 1.95. The van der Waals surface area contributed by atoms with E-state index in [0.29, 0.717) is 11.5 Å². The highest BCUT2D eigenvalue weighted by atomic mass is 16.3. The fourth-order valence-electron chi connectivity index (χ4n) is 3.42. The monoisotopic (exact) mass is 338 g/mol. The third-order valence-electron chi connectivity index (χ3n) is 4.85. The second-order valence-corrected chi connectivity index (χ2v) is 6.90. The van der Waals surface area contributed by atoms with Gasteiger partial charge in [0.05, 0.1) is 6.10 Å². The van der Waals surface area contributed by atoms with Gasteiger partial charge in [0.25, 0.3) is 5.91 Å². The largest absolute Gasteiger partial charge is 0.393 e. The maximum absolute atomic E-state index is 12.4. The zero-order valence-electron chi connectivity index (χ0n) is 14.7. The number of likely N-dealkylation sites (tertiary alicyclic amines) is 1. The molecule has 1 fully saturated rings. The van der Waals surface area contributed by atoms with Crippen LogP contribution in [0.25, 0.3) is 0 Å². The van der Waals surface area contributed by atoms with E-state index in [9.17, 15) is 9.90 Å². The van der Waals surface area contributed by atoms with E-state index in [1.807, 2.05) is 55.5 Å². The van der Waals surface area contributed by atoms with Gasteiger partial charge < -0.3 is 10.4 Å². The molecule has 1 saturated heterocycles. The van der Waals surface area contributed by atoms with Gasteiger partial charge in [0.15, 0.2) is 0 Å². The first kappa shape index (κ1) is 17.6. The summed E-state index contributed by atoms with van der Waals surface area (Å²) in [5.41, 5.74) is 2.60. The Labute approximate surface area is 149 Å². The van der Waals surface area contributed by atoms with Crippen LogP contribution in [0, 0.1) is 5.92 Å². The number of hydrogen-bond donors (Lipinski definition) is 2. The van der Waals surface area contributed by atoms with Crippen LogP contribution in [0.1, 0.15) is 35.7 Å². The molecule has 1 aliphatic rings. The quantitative estimate of drug-likeness (QED) is 0.877. The number of piperidine rings is 1. The molecule has 2 atom stereocenters. The second-order valence-electron chi connectivity index (χ2n) is 6.90. The SMILES string of the molecule is CC(O)C1CCCN(Cc2cccc(C(=O)Nc3ccccc3)c2)C1. The number of hydrogen-bond acceptors (Lipinski definition) is 3. The van der Waals surface area contributed by atoms with Crippen molar-refractivity contribution in [1.82, 2.24) is 4.90 Å². The summed E-state index contributed by atoms with van der Waals surface area (Å²) < 4.78 is 0. The van der Waals surface area contributed by atoms with Crippen LogP contribution in [-0.2, 0) is 6.54 Å². The molecule has 2 unspecified atom stereocenters. The van der Waals surface area contributed by atoms with E-state index >= 15 is 0 Å². The normalized spacial score (nSPS) is 19.4. The highest BCUT2D eigenvalue weighted by Crippen LogP contribution is 2.21. The molecular formula is C21H26N2O2. The second kappa shape index (κ2) is 8.28. The van der Waals surface area contributed by atoms with Gasteiger partial charge in [0.1, 0.15) is 0 Å². The number of anilines is 1. The van der Waals surface area contributed by atoms with Crippen molar-refractivity contribution in [1.29, 1.82) is 0 Å². The van der Waals surface area contributed by atoms with Crippen LogP contribution in [0.5, 0.6) is 0 Å². The van der Waals surface area contributed by atoms with E-state index in [1.165, 1.54) is 0 Å². The Morgan fingerprint density at radius 1 is 1.24 bits per heavy atom. The number of amides is 1. The van der Waals surface area contributed by atoms with Crippen molar-refractivity contribution in [3.8, 4) is 0 Å². The molecule has 0 spiro atoms. The van der Waals surface area contributed by atoms with Crippen molar-refractivity contribution in [3.63, 3.8) is 0 Å². The Morgan fingerprint density at radius 3 is 2.80 bits per heavy atom. The number of benzene rings is 2. The maximum atomic E-state index is 12.4. The molecule has 1 heterocycles. The average Bonchev–Trinajstić information content (AvgIpc) is 2.63. The number of nitrogens with zero attached hydrogens (tertiary/aromatic N) is 1. The Morgan fingerprint density at radius 2 is 2.04 bits per heavy atom. The fraction of sp³-hybridized carbons (Fsp3) is 0.381. The molecule has 0 aliphatic carbocycles. The van der Waals surface area contributed by atoms with Gasteiger partial charge in [-0.3, -0.25) is 9.69 Å². The first-order chi connectivity index (χ1) is 12.1. The van der Waals surface area contributed by atoms with Crippen LogP contribution in [0.2, 0.25) is 0 Å². The highest BCUT2D eigenvalue weighted by Gasteiger charge is 2.23. The van der Waals surface area contributed by atoms with Gasteiger partial charge in [0, 0.05) is 24.3 Å². The molecule has 2 N–H and O–H groups in total. The zero-order chi connectivity index (χ0) is 17.6. The molecule has 0 aromatic heterocycles. The van der Waals surface area contributed by atoms with E-state index in [0.717, 1.165) is 43.7 Å². The first-order valence-corrected chi connectivity index (χ1v) is 8.97. The van der Waals surface area contributed by atoms with Gasteiger partial charge in [-0.15, -0.1) is 0 Å². The minimum Gasteiger partial charge on any atom is -0.393 e. The zero-order valence-corrected chi connectivity index (χ0v) is 14.7. The van der Waals surface area contributed by atoms with E-state index in [4.69, 9.17) is 0 Å². The summed E-state index contributed by atoms with van der Waals surface area (Å²) in [5.74, 6) is 0.256. The van der Waals surface area contributed by atoms with Crippen LogP contribution in [-0.4, -0.2) is 35.1 Å². The van der Waals surface area contributed by atoms with Gasteiger partial charge in [0.2, 0.25) is 0 Å². The van der Waals surface area contributed by atoms with Crippen LogP contribution in [0.15, 0.2) is 54.6 Å². The molecule has 2 aromatic rings. The van der Waals surface area contributed by atoms with E-state index in [2.05, 4.69) is 16.3 Å². The number of aliphatic hydroxyl groups excluding tert-OH is 1. The Bertz CT molecular complexity index is 700. The molecule has 3 rings (SSSR count). The van der Waals surface area contributed by atoms with Gasteiger partial charge in [-0.25, -0.2) is 0 Å². The van der Waals surface area contributed by atoms with Crippen LogP contribution in [0.4, 0.5) is 5.69 Å². The molecule has 0 saturated carbocycles. The molecule has 2 aromatic carbocycles. The molecule has 25 heavy (non-hydrogen) atoms. The van der Waals surface area contributed by atoms with E-state index < -0.39 is 0 Å². The summed E-state index contributed by atoms with van der Waals surface area (Å²) in [6.45, 7) is 4.65. The average molecular weight is 338 g/mol. The number of carbonyl (C=O) groups is 1. The topological polar surface area (TPSA) is 52.6 Å². The molecule has 4 heteroatoms. The molecule has 0 radical (unpaired) electrons. The number of para-hydroxylation sites is 1. The number of carbonyl (C=O) groups excluding carboxylic acids is 1. The van der Waals surface area contributed by atoms with E-state index in [1.54, 1.807) is 0 Å². The Hall–Kier alpha value is -2.17. The standard InChI is InChI=1S/C21H26N2O2/c1-16(24)19-9-6-12-23(15-19)14-17-7-5-8-18(13-17)21(25)22-20-10-3-2-4-11-20/h2-5,7-8,10-11,13,16,19,24H,6,9,12,14-15H2,1H3,(H,22,25). The first-order valence-electron chi connectivity index (χ1n) is 8.97. The molecule has 1 aliphatic heterocycles. The lowest BCUT2D eigenvalue weighted by Crippen LogP contribution is -2.39. The lowest BCUT2D eigenvalue weighted by Gasteiger charge is -2.34. The predicted octanol–water partition coefficient (Wildman–Crippen LogP) is 3.53. The van der Waals surface area contributed by atoms with Crippen molar-refractivity contribution < 1.29 is 9.90 Å². The van der Waals surface area contributed by atoms with Gasteiger partial charge >= 0.3 is 0 Å². The van der Waals surface area contributed by atoms with Gasteiger partial charge in [-0.1, -0.05) is 30.3 Å². The van der Waals surface area contributed by atoms with Crippen LogP contribution >= 0.6 is 0 Å². The van der Waals surface area contributed by atoms with Crippen molar-refractivity contribution in [2.24, 2.45) is 5.92 Å². The Balaban J connectivity index is 1.64. The third-order valence-corrected chi connectivity index (χ3v) is 4.85. The van der Waals surface area contributed by atoms with Crippen LogP contribution in [0.3, 0.4) is 0 Å². The predicted molar refractivity (Wildman–Crippen MR) is 101 cm³/mol. The van der Waals surface area contributed by atoms with E-state index in [-0.39, 0.29) is 12.0 Å². The lowest BCUT2D eigenvalue weighted by atomic mass is 9.93. The lowest BCUT2D eigenvalue weighted by molar-refractivity contribution is 0.0599. The molecular weight excluding hydrogens is 312 g/mol. The van der Waals surface area contributed by atoms with Crippen molar-refractivity contribution in [2.75, 3.05) is 18.4 Å². The Kier molecular flexibility index (Phi) is 5.84. The maximum Gasteiger partial charge on any atom is 0.255 e. The van der Waals surface area contributed by atoms with Crippen molar-refractivity contribution in [3.05, 3.63) is 65.7 Å². The number of rotatable bonds is 5. The van der Waals surface area contributed by atoms with Gasteiger partial charge in [-0.2, -0.15) is 0 Å². The fourth-order valence-corrected chi connectivity index (χ4v) is 3.42. The van der Waals surface area contributed by atoms with Crippen molar-refractivity contribution in [2.45, 2.75) is 32.4 Å². The number of aliphatic hydroxyl groups is 1. The van der Waals surface area contributed by atoms with Gasteiger partial charge in [-0.05, 0) is 62.1 Å². The third kappa shape index (κ3) is 4.91. The summed E-state index contributed by atoms with van der Waals surface area (Å²) in [6, 6.07) is 17.3. The summed E-state index contributed by atoms with van der Waals surface area (Å²) in [4.78, 5) is 14.8. The smallest absolute Gasteiger partial charge is 0.255 e. The molecule has 4 nitrogen and oxygen atoms in total. The highest BCUT2D eigenvalue weighted by molar-refractivity contribution is 6.04. The minimum atomic E-state index is -0.259. The minimum absolute atomic E-state index is 0.0893. The molecule has 1 amide bonds. The summed E-state index contributed by atoms with van der Waals surface area (Å²) in [5, 5.41) is 12.8. The van der Waals surface area contributed by atoms with Crippen molar-refractivity contribution >= 4 is 11.6 Å². The number of nitrogens with one attached hydrogen (secondary N) is 1. The van der Waals surface area contributed by atoms with Crippen LogP contribution < -0.4 is 5.32 Å². The summed E-state index contributed by atoms with van der Waals surface area (Å²) >= 11 is 0.